The quantitative estimate of drug-likeness (QED) is 0.578. The van der Waals surface area contributed by atoms with Crippen LogP contribution >= 0.6 is 0 Å². The van der Waals surface area contributed by atoms with Crippen molar-refractivity contribution in [1.29, 1.82) is 0 Å². The van der Waals surface area contributed by atoms with Gasteiger partial charge >= 0.3 is 0 Å². The van der Waals surface area contributed by atoms with Crippen molar-refractivity contribution in [1.82, 2.24) is 20.0 Å². The third kappa shape index (κ3) is 5.56. The lowest BCUT2D eigenvalue weighted by Crippen LogP contribution is -2.33. The van der Waals surface area contributed by atoms with Gasteiger partial charge in [0, 0.05) is 43.4 Å². The monoisotopic (exact) mass is 394 g/mol. The van der Waals surface area contributed by atoms with E-state index in [2.05, 4.69) is 10.4 Å². The van der Waals surface area contributed by atoms with Crippen LogP contribution in [0.2, 0.25) is 0 Å². The first-order valence-electron chi connectivity index (χ1n) is 10.4. The van der Waals surface area contributed by atoms with Gasteiger partial charge in [0.1, 0.15) is 0 Å². The van der Waals surface area contributed by atoms with Gasteiger partial charge in [-0.25, -0.2) is 4.68 Å². The van der Waals surface area contributed by atoms with E-state index in [-0.39, 0.29) is 11.8 Å². The molecule has 1 aliphatic rings. The molecule has 0 aliphatic carbocycles. The molecule has 1 N–H and O–H groups in total. The van der Waals surface area contributed by atoms with Crippen molar-refractivity contribution in [3.8, 4) is 5.69 Å². The maximum atomic E-state index is 12.2. The highest BCUT2D eigenvalue weighted by molar-refractivity contribution is 5.92. The van der Waals surface area contributed by atoms with Crippen molar-refractivity contribution in [3.05, 3.63) is 53.4 Å². The summed E-state index contributed by atoms with van der Waals surface area (Å²) in [4.78, 5) is 26.1. The number of amides is 2. The lowest BCUT2D eigenvalue weighted by Gasteiger charge is -2.20. The summed E-state index contributed by atoms with van der Waals surface area (Å²) in [6.45, 7) is 6.07. The van der Waals surface area contributed by atoms with Crippen LogP contribution in [-0.2, 0) is 9.59 Å². The third-order valence-corrected chi connectivity index (χ3v) is 5.32. The van der Waals surface area contributed by atoms with Gasteiger partial charge in [-0.05, 0) is 51.3 Å². The van der Waals surface area contributed by atoms with Crippen LogP contribution < -0.4 is 5.32 Å². The summed E-state index contributed by atoms with van der Waals surface area (Å²) in [5.74, 6) is 0.119. The van der Waals surface area contributed by atoms with Crippen LogP contribution in [0.3, 0.4) is 0 Å². The second-order valence-electron chi connectivity index (χ2n) is 7.50. The first-order valence-corrected chi connectivity index (χ1v) is 10.4. The van der Waals surface area contributed by atoms with Gasteiger partial charge in [0.25, 0.3) is 0 Å². The Hall–Kier alpha value is -2.89. The Morgan fingerprint density at radius 2 is 1.97 bits per heavy atom. The maximum absolute atomic E-state index is 12.2. The zero-order valence-corrected chi connectivity index (χ0v) is 17.4. The Morgan fingerprint density at radius 3 is 2.76 bits per heavy atom. The standard InChI is InChI=1S/C23H30N4O2/c1-18-21(19(2)27(25-18)20-10-5-3-6-11-20)13-14-22(28)24-15-9-17-26-16-8-4-7-12-23(26)29/h3,5-6,10-11,13-14H,4,7-9,12,15-17H2,1-2H3,(H,24,28)/b14-13+. The Kier molecular flexibility index (Phi) is 7.22. The average Bonchev–Trinajstić information content (AvgIpc) is 2.87. The van der Waals surface area contributed by atoms with Crippen molar-refractivity contribution in [2.45, 2.75) is 46.0 Å². The number of para-hydroxylation sites is 1. The molecule has 1 aliphatic heterocycles. The minimum Gasteiger partial charge on any atom is -0.352 e. The zero-order chi connectivity index (χ0) is 20.6. The minimum absolute atomic E-state index is 0.126. The highest BCUT2D eigenvalue weighted by atomic mass is 16.2. The molecule has 1 fully saturated rings. The van der Waals surface area contributed by atoms with E-state index in [0.717, 1.165) is 54.9 Å². The number of benzene rings is 1. The van der Waals surface area contributed by atoms with Crippen LogP contribution in [0.4, 0.5) is 0 Å². The van der Waals surface area contributed by atoms with Gasteiger partial charge in [-0.3, -0.25) is 9.59 Å². The van der Waals surface area contributed by atoms with Crippen molar-refractivity contribution >= 4 is 17.9 Å². The van der Waals surface area contributed by atoms with Crippen LogP contribution in [-0.4, -0.2) is 46.1 Å². The summed E-state index contributed by atoms with van der Waals surface area (Å²) in [5.41, 5.74) is 3.84. The van der Waals surface area contributed by atoms with E-state index >= 15 is 0 Å². The van der Waals surface area contributed by atoms with Gasteiger partial charge < -0.3 is 10.2 Å². The molecule has 2 aromatic rings. The molecule has 154 valence electrons. The van der Waals surface area contributed by atoms with Gasteiger partial charge in [0.15, 0.2) is 0 Å². The Balaban J connectivity index is 1.50. The molecule has 3 rings (SSSR count). The molecule has 2 amide bonds. The minimum atomic E-state index is -0.126. The number of carbonyl (C=O) groups excluding carboxylic acids is 2. The van der Waals surface area contributed by atoms with Crippen LogP contribution in [0.15, 0.2) is 36.4 Å². The first-order chi connectivity index (χ1) is 14.1. The third-order valence-electron chi connectivity index (χ3n) is 5.32. The predicted octanol–water partition coefficient (Wildman–Crippen LogP) is 3.41. The fraction of sp³-hybridized carbons (Fsp3) is 0.435. The zero-order valence-electron chi connectivity index (χ0n) is 17.4. The molecular weight excluding hydrogens is 364 g/mol. The molecule has 0 radical (unpaired) electrons. The maximum Gasteiger partial charge on any atom is 0.244 e. The van der Waals surface area contributed by atoms with Gasteiger partial charge in [-0.2, -0.15) is 5.10 Å². The normalized spacial score (nSPS) is 15.0. The summed E-state index contributed by atoms with van der Waals surface area (Å²) < 4.78 is 1.89. The summed E-state index contributed by atoms with van der Waals surface area (Å²) in [7, 11) is 0. The molecular formula is C23H30N4O2. The van der Waals surface area contributed by atoms with Crippen molar-refractivity contribution in [2.24, 2.45) is 0 Å². The average molecular weight is 395 g/mol. The molecule has 2 heterocycles. The summed E-state index contributed by atoms with van der Waals surface area (Å²) >= 11 is 0. The largest absolute Gasteiger partial charge is 0.352 e. The van der Waals surface area contributed by atoms with Crippen LogP contribution in [0, 0.1) is 13.8 Å². The Labute approximate surface area is 172 Å². The Morgan fingerprint density at radius 1 is 1.17 bits per heavy atom. The van der Waals surface area contributed by atoms with Crippen molar-refractivity contribution < 1.29 is 9.59 Å². The first kappa shape index (κ1) is 20.8. The van der Waals surface area contributed by atoms with Gasteiger partial charge in [0.2, 0.25) is 11.8 Å². The van der Waals surface area contributed by atoms with Crippen molar-refractivity contribution in [2.75, 3.05) is 19.6 Å². The number of likely N-dealkylation sites (tertiary alicyclic amines) is 1. The number of rotatable bonds is 7. The number of hydrogen-bond acceptors (Lipinski definition) is 3. The number of hydrogen-bond donors (Lipinski definition) is 1. The van der Waals surface area contributed by atoms with E-state index in [0.29, 0.717) is 19.5 Å². The summed E-state index contributed by atoms with van der Waals surface area (Å²) in [6.07, 6.45) is 8.02. The molecule has 1 saturated heterocycles. The molecule has 0 bridgehead atoms. The Bertz CT molecular complexity index is 871. The number of nitrogens with zero attached hydrogens (tertiary/aromatic N) is 3. The summed E-state index contributed by atoms with van der Waals surface area (Å²) in [5, 5.41) is 7.51. The fourth-order valence-corrected chi connectivity index (χ4v) is 3.69. The molecule has 1 aromatic heterocycles. The number of aromatic nitrogens is 2. The molecule has 29 heavy (non-hydrogen) atoms. The second kappa shape index (κ2) is 10.0. The summed E-state index contributed by atoms with van der Waals surface area (Å²) in [6, 6.07) is 9.95. The second-order valence-corrected chi connectivity index (χ2v) is 7.50. The molecule has 6 nitrogen and oxygen atoms in total. The van der Waals surface area contributed by atoms with Gasteiger partial charge in [-0.15, -0.1) is 0 Å². The van der Waals surface area contributed by atoms with E-state index in [1.807, 2.05) is 59.8 Å². The fourth-order valence-electron chi connectivity index (χ4n) is 3.69. The lowest BCUT2D eigenvalue weighted by atomic mass is 10.2. The van der Waals surface area contributed by atoms with Crippen LogP contribution in [0.25, 0.3) is 11.8 Å². The lowest BCUT2D eigenvalue weighted by molar-refractivity contribution is -0.130. The molecule has 0 atom stereocenters. The van der Waals surface area contributed by atoms with E-state index in [1.165, 1.54) is 0 Å². The van der Waals surface area contributed by atoms with Crippen LogP contribution in [0.5, 0.6) is 0 Å². The van der Waals surface area contributed by atoms with E-state index in [4.69, 9.17) is 0 Å². The molecule has 0 saturated carbocycles. The highest BCUT2D eigenvalue weighted by Crippen LogP contribution is 2.19. The molecule has 6 heteroatoms. The molecule has 0 unspecified atom stereocenters. The SMILES string of the molecule is Cc1nn(-c2ccccc2)c(C)c1/C=C/C(=O)NCCCN1CCCCCC1=O. The number of nitrogens with one attached hydrogen (secondary N) is 1. The van der Waals surface area contributed by atoms with E-state index in [9.17, 15) is 9.59 Å². The van der Waals surface area contributed by atoms with Gasteiger partial charge in [0.05, 0.1) is 11.4 Å². The highest BCUT2D eigenvalue weighted by Gasteiger charge is 2.15. The van der Waals surface area contributed by atoms with Crippen molar-refractivity contribution in [3.63, 3.8) is 0 Å². The van der Waals surface area contributed by atoms with Crippen LogP contribution in [0.1, 0.15) is 49.1 Å². The topological polar surface area (TPSA) is 67.2 Å². The van der Waals surface area contributed by atoms with Gasteiger partial charge in [-0.1, -0.05) is 24.6 Å². The smallest absolute Gasteiger partial charge is 0.244 e. The van der Waals surface area contributed by atoms with E-state index < -0.39 is 0 Å². The predicted molar refractivity (Wildman–Crippen MR) is 115 cm³/mol. The number of carbonyl (C=O) groups is 2. The molecule has 1 aromatic carbocycles. The number of aryl methyl sites for hydroxylation is 1. The van der Waals surface area contributed by atoms with E-state index in [1.54, 1.807) is 6.08 Å². The molecule has 0 spiro atoms.